The third kappa shape index (κ3) is 8.11. The molecular formula is C36H35FN4O6. The molecule has 10 nitrogen and oxygen atoms in total. The molecule has 0 atom stereocenters. The van der Waals surface area contributed by atoms with Crippen molar-refractivity contribution in [3.8, 4) is 17.2 Å². The lowest BCUT2D eigenvalue weighted by Gasteiger charge is -2.17. The van der Waals surface area contributed by atoms with Gasteiger partial charge in [0.05, 0.1) is 24.9 Å². The third-order valence-corrected chi connectivity index (χ3v) is 7.93. The number of rotatable bonds is 14. The monoisotopic (exact) mass is 638 g/mol. The van der Waals surface area contributed by atoms with Crippen molar-refractivity contribution in [1.29, 1.82) is 0 Å². The Labute approximate surface area is 271 Å². The van der Waals surface area contributed by atoms with Crippen molar-refractivity contribution < 1.29 is 32.9 Å². The fraction of sp³-hybridized carbons (Fsp3) is 0.278. The molecule has 0 radical (unpaired) electrons. The van der Waals surface area contributed by atoms with Gasteiger partial charge in [-0.05, 0) is 73.8 Å². The lowest BCUT2D eigenvalue weighted by molar-refractivity contribution is -0.117. The van der Waals surface area contributed by atoms with E-state index in [9.17, 15) is 14.0 Å². The van der Waals surface area contributed by atoms with Gasteiger partial charge in [0.15, 0.2) is 17.3 Å². The Morgan fingerprint density at radius 1 is 0.830 bits per heavy atom. The zero-order chi connectivity index (χ0) is 32.6. The van der Waals surface area contributed by atoms with Crippen molar-refractivity contribution in [3.63, 3.8) is 0 Å². The molecule has 0 unspecified atom stereocenters. The molecule has 1 aliphatic carbocycles. The van der Waals surface area contributed by atoms with Crippen LogP contribution in [0.1, 0.15) is 30.4 Å². The summed E-state index contributed by atoms with van der Waals surface area (Å²) in [5.41, 5.74) is 2.29. The average Bonchev–Trinajstić information content (AvgIpc) is 3.61. The minimum absolute atomic E-state index is 0.0575. The van der Waals surface area contributed by atoms with Crippen LogP contribution in [0.4, 0.5) is 10.2 Å². The number of methoxy groups -OCH3 is 1. The molecule has 1 aliphatic heterocycles. The number of nitrogens with one attached hydrogen (secondary N) is 1. The Balaban J connectivity index is 1.04. The number of nitrogens with zero attached hydrogens (tertiary/aromatic N) is 3. The first-order chi connectivity index (χ1) is 22.9. The summed E-state index contributed by atoms with van der Waals surface area (Å²) in [4.78, 5) is 37.0. The van der Waals surface area contributed by atoms with E-state index in [0.717, 1.165) is 37.2 Å². The van der Waals surface area contributed by atoms with Crippen LogP contribution in [-0.4, -0.2) is 59.8 Å². The lowest BCUT2D eigenvalue weighted by atomic mass is 10.1. The van der Waals surface area contributed by atoms with E-state index in [0.29, 0.717) is 47.2 Å². The predicted molar refractivity (Wildman–Crippen MR) is 174 cm³/mol. The first kappa shape index (κ1) is 31.7. The van der Waals surface area contributed by atoms with E-state index >= 15 is 0 Å². The van der Waals surface area contributed by atoms with Gasteiger partial charge in [0.25, 0.3) is 0 Å². The molecule has 0 bridgehead atoms. The second-order valence-corrected chi connectivity index (χ2v) is 11.3. The fourth-order valence-corrected chi connectivity index (χ4v) is 5.38. The van der Waals surface area contributed by atoms with E-state index < -0.39 is 11.6 Å². The van der Waals surface area contributed by atoms with E-state index in [2.05, 4.69) is 20.2 Å². The number of ether oxygens (including phenoxy) is 4. The molecule has 0 amide bonds. The number of anilines is 1. The normalized spacial score (nSPS) is 14.9. The molecule has 242 valence electrons. The number of ketones is 2. The third-order valence-electron chi connectivity index (χ3n) is 7.93. The second kappa shape index (κ2) is 14.9. The smallest absolute Gasteiger partial charge is 0.222 e. The van der Waals surface area contributed by atoms with Crippen LogP contribution in [0.15, 0.2) is 90.6 Å². The number of allylic oxidation sites excluding steroid dienone is 2. The number of halogens is 1. The molecule has 0 spiro atoms. The minimum Gasteiger partial charge on any atom is -0.493 e. The quantitative estimate of drug-likeness (QED) is 0.135. The number of hydrogen-bond donors (Lipinski definition) is 1. The SMILES string of the molecule is COc1cc2c(NC3=CC(=O)C(OCc4ccc(OCc5ccc(F)cc5)cc4)=CC3=O)ncnc2cc1OCCCN1CCCC1. The molecular weight excluding hydrogens is 603 g/mol. The maximum absolute atomic E-state index is 13.1. The van der Waals surface area contributed by atoms with Crippen molar-refractivity contribution in [3.05, 3.63) is 108 Å². The standard InChI is InChI=1S/C36H35FN4O6/c1-44-34-17-28-29(19-35(34)45-16-4-15-41-13-2-3-14-41)38-23-39-36(28)40-30-18-32(43)33(20-31(30)42)47-22-25-7-11-27(12-8-25)46-21-24-5-9-26(37)10-6-24/h5-12,17-20,23H,2-4,13-16,21-22H2,1H3,(H,38,39,40). The highest BCUT2D eigenvalue weighted by atomic mass is 19.1. The van der Waals surface area contributed by atoms with Gasteiger partial charge in [0.2, 0.25) is 11.6 Å². The van der Waals surface area contributed by atoms with Gasteiger partial charge >= 0.3 is 0 Å². The summed E-state index contributed by atoms with van der Waals surface area (Å²) in [7, 11) is 1.56. The van der Waals surface area contributed by atoms with Crippen molar-refractivity contribution in [2.24, 2.45) is 0 Å². The van der Waals surface area contributed by atoms with Crippen molar-refractivity contribution in [2.75, 3.05) is 38.7 Å². The molecule has 0 saturated carbocycles. The number of carbonyl (C=O) groups is 2. The van der Waals surface area contributed by atoms with Gasteiger partial charge in [-0.1, -0.05) is 24.3 Å². The Bertz CT molecular complexity index is 1800. The zero-order valence-corrected chi connectivity index (χ0v) is 26.0. The van der Waals surface area contributed by atoms with Gasteiger partial charge in [0.1, 0.15) is 36.9 Å². The van der Waals surface area contributed by atoms with E-state index in [-0.39, 0.29) is 23.9 Å². The maximum atomic E-state index is 13.1. The summed E-state index contributed by atoms with van der Waals surface area (Å²) in [5, 5.41) is 3.59. The molecule has 3 aromatic carbocycles. The summed E-state index contributed by atoms with van der Waals surface area (Å²) in [6.45, 7) is 4.22. The Kier molecular flexibility index (Phi) is 10.0. The molecule has 1 fully saturated rings. The summed E-state index contributed by atoms with van der Waals surface area (Å²) >= 11 is 0. The minimum atomic E-state index is -0.452. The van der Waals surface area contributed by atoms with Gasteiger partial charge < -0.3 is 29.2 Å². The predicted octanol–water partition coefficient (Wildman–Crippen LogP) is 5.77. The van der Waals surface area contributed by atoms with E-state index in [1.54, 1.807) is 55.6 Å². The Morgan fingerprint density at radius 3 is 2.30 bits per heavy atom. The van der Waals surface area contributed by atoms with Crippen molar-refractivity contribution in [1.82, 2.24) is 14.9 Å². The van der Waals surface area contributed by atoms with E-state index in [1.165, 1.54) is 43.5 Å². The number of fused-ring (bicyclic) bond motifs is 1. The fourth-order valence-electron chi connectivity index (χ4n) is 5.38. The molecule has 6 rings (SSSR count). The van der Waals surface area contributed by atoms with Crippen LogP contribution in [0.5, 0.6) is 17.2 Å². The molecule has 2 heterocycles. The summed E-state index contributed by atoms with van der Waals surface area (Å²) in [5.74, 6) is 0.830. The lowest BCUT2D eigenvalue weighted by Crippen LogP contribution is -2.22. The average molecular weight is 639 g/mol. The summed E-state index contributed by atoms with van der Waals surface area (Å²) in [6.07, 6.45) is 7.17. The van der Waals surface area contributed by atoms with Gasteiger partial charge in [-0.25, -0.2) is 14.4 Å². The Hall–Kier alpha value is -5.29. The number of carbonyl (C=O) groups excluding carboxylic acids is 2. The molecule has 4 aromatic rings. The molecule has 47 heavy (non-hydrogen) atoms. The summed E-state index contributed by atoms with van der Waals surface area (Å²) in [6, 6.07) is 16.8. The van der Waals surface area contributed by atoms with Crippen molar-refractivity contribution in [2.45, 2.75) is 32.5 Å². The van der Waals surface area contributed by atoms with Gasteiger partial charge in [-0.15, -0.1) is 0 Å². The molecule has 1 saturated heterocycles. The molecule has 2 aliphatic rings. The van der Waals surface area contributed by atoms with Gasteiger partial charge in [-0.3, -0.25) is 9.59 Å². The largest absolute Gasteiger partial charge is 0.493 e. The highest BCUT2D eigenvalue weighted by Gasteiger charge is 2.23. The van der Waals surface area contributed by atoms with Crippen LogP contribution in [0.3, 0.4) is 0 Å². The zero-order valence-electron chi connectivity index (χ0n) is 26.0. The van der Waals surface area contributed by atoms with Crippen LogP contribution in [0.25, 0.3) is 10.9 Å². The van der Waals surface area contributed by atoms with E-state index in [1.807, 2.05) is 0 Å². The van der Waals surface area contributed by atoms with Crippen LogP contribution >= 0.6 is 0 Å². The first-order valence-electron chi connectivity index (χ1n) is 15.5. The highest BCUT2D eigenvalue weighted by Crippen LogP contribution is 2.34. The summed E-state index contributed by atoms with van der Waals surface area (Å²) < 4.78 is 36.2. The molecule has 1 aromatic heterocycles. The van der Waals surface area contributed by atoms with Crippen LogP contribution in [0, 0.1) is 5.82 Å². The van der Waals surface area contributed by atoms with Crippen LogP contribution in [0.2, 0.25) is 0 Å². The second-order valence-electron chi connectivity index (χ2n) is 11.3. The highest BCUT2D eigenvalue weighted by molar-refractivity contribution is 6.20. The van der Waals surface area contributed by atoms with Crippen LogP contribution in [-0.2, 0) is 27.5 Å². The number of likely N-dealkylation sites (tertiary alicyclic amines) is 1. The molecule has 1 N–H and O–H groups in total. The molecule has 11 heteroatoms. The maximum Gasteiger partial charge on any atom is 0.222 e. The van der Waals surface area contributed by atoms with E-state index in [4.69, 9.17) is 18.9 Å². The van der Waals surface area contributed by atoms with Gasteiger partial charge in [0, 0.05) is 30.1 Å². The first-order valence-corrected chi connectivity index (χ1v) is 15.5. The van der Waals surface area contributed by atoms with Crippen molar-refractivity contribution >= 4 is 28.3 Å². The number of aromatic nitrogens is 2. The topological polar surface area (TPSA) is 112 Å². The number of hydrogen-bond acceptors (Lipinski definition) is 10. The van der Waals surface area contributed by atoms with Gasteiger partial charge in [-0.2, -0.15) is 0 Å². The van der Waals surface area contributed by atoms with Crippen LogP contribution < -0.4 is 19.5 Å². The Morgan fingerprint density at radius 2 is 1.55 bits per heavy atom. The number of benzene rings is 3.